The van der Waals surface area contributed by atoms with E-state index in [1.54, 1.807) is 0 Å². The summed E-state index contributed by atoms with van der Waals surface area (Å²) in [5.74, 6) is -0.705. The van der Waals surface area contributed by atoms with Crippen LogP contribution in [0.1, 0.15) is 13.8 Å². The number of methoxy groups -OCH3 is 1. The molecule has 0 radical (unpaired) electrons. The Hall–Kier alpha value is -0.570. The average Bonchev–Trinajstić information content (AvgIpc) is 2.51. The van der Waals surface area contributed by atoms with E-state index in [1.807, 2.05) is 13.8 Å². The van der Waals surface area contributed by atoms with Gasteiger partial charge >= 0.3 is 5.97 Å². The third-order valence-corrected chi connectivity index (χ3v) is 2.80. The quantitative estimate of drug-likeness (QED) is 0.649. The van der Waals surface area contributed by atoms with Gasteiger partial charge in [-0.2, -0.15) is 4.39 Å². The van der Waals surface area contributed by atoms with Crippen molar-refractivity contribution in [1.82, 2.24) is 0 Å². The molecule has 2 atom stereocenters. The van der Waals surface area contributed by atoms with Gasteiger partial charge in [0, 0.05) is 5.92 Å². The Labute approximate surface area is 81.7 Å². The first-order valence-corrected chi connectivity index (χ1v) is 4.39. The highest BCUT2D eigenvalue weighted by atomic mass is 35.5. The summed E-state index contributed by atoms with van der Waals surface area (Å²) in [6, 6.07) is 0. The Morgan fingerprint density at radius 1 is 1.62 bits per heavy atom. The average molecular weight is 207 g/mol. The number of carbonyl (C=O) groups excluding carboxylic acids is 1. The number of carbonyl (C=O) groups is 1. The lowest BCUT2D eigenvalue weighted by atomic mass is 10.1. The minimum absolute atomic E-state index is 0.141. The fraction of sp³-hybridized carbons (Fsp3) is 0.667. The molecular formula is C9H12ClFO2. The van der Waals surface area contributed by atoms with E-state index in [4.69, 9.17) is 11.6 Å². The van der Waals surface area contributed by atoms with Gasteiger partial charge in [0.1, 0.15) is 0 Å². The third kappa shape index (κ3) is 1.85. The van der Waals surface area contributed by atoms with Crippen molar-refractivity contribution < 1.29 is 13.9 Å². The zero-order valence-electron chi connectivity index (χ0n) is 7.80. The molecule has 1 aliphatic rings. The molecule has 1 rings (SSSR count). The van der Waals surface area contributed by atoms with E-state index >= 15 is 0 Å². The van der Waals surface area contributed by atoms with E-state index in [9.17, 15) is 9.18 Å². The van der Waals surface area contributed by atoms with Crippen molar-refractivity contribution in [3.05, 3.63) is 11.4 Å². The van der Waals surface area contributed by atoms with Gasteiger partial charge in [-0.25, -0.2) is 0 Å². The number of hydrogen-bond donors (Lipinski definition) is 0. The van der Waals surface area contributed by atoms with Gasteiger partial charge in [-0.1, -0.05) is 25.4 Å². The van der Waals surface area contributed by atoms with Crippen molar-refractivity contribution in [3.8, 4) is 0 Å². The Balaban J connectivity index is 2.72. The van der Waals surface area contributed by atoms with E-state index in [2.05, 4.69) is 4.74 Å². The van der Waals surface area contributed by atoms with Gasteiger partial charge in [0.2, 0.25) is 0 Å². The lowest BCUT2D eigenvalue weighted by Gasteiger charge is -1.98. The van der Waals surface area contributed by atoms with Crippen molar-refractivity contribution >= 4 is 17.6 Å². The lowest BCUT2D eigenvalue weighted by molar-refractivity contribution is -0.143. The molecule has 13 heavy (non-hydrogen) atoms. The van der Waals surface area contributed by atoms with Crippen molar-refractivity contribution in [2.45, 2.75) is 13.8 Å². The molecule has 0 aliphatic heterocycles. The monoisotopic (exact) mass is 206 g/mol. The van der Waals surface area contributed by atoms with Crippen LogP contribution in [0.4, 0.5) is 4.39 Å². The molecule has 74 valence electrons. The number of esters is 1. The summed E-state index contributed by atoms with van der Waals surface area (Å²) in [5, 5.41) is -0.760. The van der Waals surface area contributed by atoms with E-state index in [0.717, 1.165) is 0 Å². The van der Waals surface area contributed by atoms with E-state index in [-0.39, 0.29) is 23.2 Å². The maximum Gasteiger partial charge on any atom is 0.309 e. The van der Waals surface area contributed by atoms with Gasteiger partial charge in [0.15, 0.2) is 5.29 Å². The molecule has 2 unspecified atom stereocenters. The van der Waals surface area contributed by atoms with E-state index in [0.29, 0.717) is 0 Å². The van der Waals surface area contributed by atoms with Gasteiger partial charge in [0.05, 0.1) is 13.0 Å². The van der Waals surface area contributed by atoms with Crippen LogP contribution < -0.4 is 0 Å². The highest BCUT2D eigenvalue weighted by molar-refractivity contribution is 6.28. The fourth-order valence-electron chi connectivity index (χ4n) is 1.70. The second kappa shape index (κ2) is 3.29. The highest BCUT2D eigenvalue weighted by Crippen LogP contribution is 2.59. The molecule has 1 fully saturated rings. The number of halogens is 2. The summed E-state index contributed by atoms with van der Waals surface area (Å²) in [4.78, 5) is 11.2. The molecule has 1 saturated carbocycles. The second-order valence-corrected chi connectivity index (χ2v) is 4.17. The van der Waals surface area contributed by atoms with Crippen LogP contribution in [-0.4, -0.2) is 13.1 Å². The fourth-order valence-corrected chi connectivity index (χ4v) is 1.84. The van der Waals surface area contributed by atoms with Crippen molar-refractivity contribution in [1.29, 1.82) is 0 Å². The van der Waals surface area contributed by atoms with Crippen molar-refractivity contribution in [3.63, 3.8) is 0 Å². The Morgan fingerprint density at radius 2 is 2.15 bits per heavy atom. The maximum absolute atomic E-state index is 12.4. The second-order valence-electron chi connectivity index (χ2n) is 3.80. The van der Waals surface area contributed by atoms with Gasteiger partial charge in [0.25, 0.3) is 0 Å². The zero-order valence-corrected chi connectivity index (χ0v) is 8.56. The summed E-state index contributed by atoms with van der Waals surface area (Å²) in [7, 11) is 1.33. The number of allylic oxidation sites excluding steroid dienone is 1. The molecule has 0 bridgehead atoms. The molecule has 0 aromatic heterocycles. The standard InChI is InChI=1S/C9H12ClFO2/c1-9(2)5(4-6(10)11)7(9)8(12)13-3/h4-5,7H,1-3H3/b6-4+. The normalized spacial score (nSPS) is 31.3. The van der Waals surface area contributed by atoms with Gasteiger partial charge in [-0.3, -0.25) is 4.79 Å². The molecule has 2 nitrogen and oxygen atoms in total. The first kappa shape index (κ1) is 10.5. The van der Waals surface area contributed by atoms with Crippen LogP contribution in [0, 0.1) is 17.3 Å². The van der Waals surface area contributed by atoms with Crippen molar-refractivity contribution in [2.24, 2.45) is 17.3 Å². The van der Waals surface area contributed by atoms with Crippen LogP contribution in [0.5, 0.6) is 0 Å². The predicted molar refractivity (Wildman–Crippen MR) is 47.8 cm³/mol. The Kier molecular flexibility index (Phi) is 2.66. The maximum atomic E-state index is 12.4. The molecular weight excluding hydrogens is 195 g/mol. The van der Waals surface area contributed by atoms with Crippen LogP contribution in [0.3, 0.4) is 0 Å². The Bertz CT molecular complexity index is 256. The van der Waals surface area contributed by atoms with Crippen LogP contribution in [0.2, 0.25) is 0 Å². The lowest BCUT2D eigenvalue weighted by Crippen LogP contribution is -2.07. The van der Waals surface area contributed by atoms with Gasteiger partial charge in [-0.05, 0) is 11.5 Å². The minimum atomic E-state index is -0.760. The summed E-state index contributed by atoms with van der Waals surface area (Å²) >= 11 is 5.10. The molecule has 0 aromatic rings. The van der Waals surface area contributed by atoms with Gasteiger partial charge in [-0.15, -0.1) is 0 Å². The van der Waals surface area contributed by atoms with E-state index < -0.39 is 5.29 Å². The largest absolute Gasteiger partial charge is 0.469 e. The predicted octanol–water partition coefficient (Wildman–Crippen LogP) is 2.48. The van der Waals surface area contributed by atoms with Crippen LogP contribution in [0.15, 0.2) is 11.4 Å². The van der Waals surface area contributed by atoms with Crippen LogP contribution >= 0.6 is 11.6 Å². The molecule has 0 heterocycles. The molecule has 0 saturated heterocycles. The third-order valence-electron chi connectivity index (χ3n) is 2.67. The first-order valence-electron chi connectivity index (χ1n) is 4.02. The molecule has 4 heteroatoms. The molecule has 0 amide bonds. The zero-order chi connectivity index (χ0) is 10.2. The topological polar surface area (TPSA) is 26.3 Å². The minimum Gasteiger partial charge on any atom is -0.469 e. The molecule has 0 aromatic carbocycles. The van der Waals surface area contributed by atoms with Crippen LogP contribution in [0.25, 0.3) is 0 Å². The highest BCUT2D eigenvalue weighted by Gasteiger charge is 2.61. The molecule has 1 aliphatic carbocycles. The summed E-state index contributed by atoms with van der Waals surface area (Å²) < 4.78 is 16.9. The number of rotatable bonds is 2. The summed E-state index contributed by atoms with van der Waals surface area (Å²) in [5.41, 5.74) is -0.237. The summed E-state index contributed by atoms with van der Waals surface area (Å²) in [6.07, 6.45) is 1.27. The van der Waals surface area contributed by atoms with Crippen LogP contribution in [-0.2, 0) is 9.53 Å². The Morgan fingerprint density at radius 3 is 2.54 bits per heavy atom. The van der Waals surface area contributed by atoms with E-state index in [1.165, 1.54) is 13.2 Å². The van der Waals surface area contributed by atoms with Gasteiger partial charge < -0.3 is 4.74 Å². The SMILES string of the molecule is COC(=O)C1C(/C=C(/F)Cl)C1(C)C. The first-order chi connectivity index (χ1) is 5.91. The summed E-state index contributed by atoms with van der Waals surface area (Å²) in [6.45, 7) is 3.77. The van der Waals surface area contributed by atoms with Crippen molar-refractivity contribution in [2.75, 3.05) is 7.11 Å². The molecule has 0 N–H and O–H groups in total. The number of hydrogen-bond acceptors (Lipinski definition) is 2. The smallest absolute Gasteiger partial charge is 0.309 e. The molecule has 0 spiro atoms. The number of ether oxygens (including phenoxy) is 1.